The van der Waals surface area contributed by atoms with Gasteiger partial charge in [-0.2, -0.15) is 0 Å². The van der Waals surface area contributed by atoms with Gasteiger partial charge in [0.15, 0.2) is 5.69 Å². The molecule has 2 aromatic heterocycles. The highest BCUT2D eigenvalue weighted by Crippen LogP contribution is 2.29. The molecule has 1 atom stereocenters. The SMILES string of the molecule is O=C(NCc1ccc(Cl)cc1)c1nc([C@H]2CCCN(C(=O)c3ccccc3)C2)n2ccccc12. The quantitative estimate of drug-likeness (QED) is 0.447. The van der Waals surface area contributed by atoms with E-state index < -0.39 is 0 Å². The van der Waals surface area contributed by atoms with Crippen LogP contribution < -0.4 is 5.32 Å². The predicted molar refractivity (Wildman–Crippen MR) is 132 cm³/mol. The molecule has 0 unspecified atom stereocenters. The second-order valence-corrected chi connectivity index (χ2v) is 8.98. The molecule has 2 amide bonds. The Morgan fingerprint density at radius 1 is 1.00 bits per heavy atom. The van der Waals surface area contributed by atoms with E-state index in [9.17, 15) is 9.59 Å². The maximum atomic E-state index is 13.1. The van der Waals surface area contributed by atoms with Gasteiger partial charge in [0, 0.05) is 42.3 Å². The van der Waals surface area contributed by atoms with Gasteiger partial charge in [0.2, 0.25) is 0 Å². The number of piperidine rings is 1. The predicted octanol–water partition coefficient (Wildman–Crippen LogP) is 4.94. The lowest BCUT2D eigenvalue weighted by atomic mass is 9.96. The Labute approximate surface area is 203 Å². The Morgan fingerprint density at radius 3 is 2.56 bits per heavy atom. The summed E-state index contributed by atoms with van der Waals surface area (Å²) in [5, 5.41) is 3.63. The molecular weight excluding hydrogens is 448 g/mol. The van der Waals surface area contributed by atoms with Crippen LogP contribution in [0.15, 0.2) is 79.0 Å². The third kappa shape index (κ3) is 4.54. The molecule has 0 saturated carbocycles. The van der Waals surface area contributed by atoms with E-state index in [1.54, 1.807) is 12.1 Å². The van der Waals surface area contributed by atoms with E-state index >= 15 is 0 Å². The van der Waals surface area contributed by atoms with Crippen LogP contribution in [0.5, 0.6) is 0 Å². The van der Waals surface area contributed by atoms with Crippen molar-refractivity contribution in [2.24, 2.45) is 0 Å². The first-order chi connectivity index (χ1) is 16.6. The lowest BCUT2D eigenvalue weighted by Gasteiger charge is -2.32. The molecule has 4 aromatic rings. The molecule has 3 heterocycles. The molecule has 1 N–H and O–H groups in total. The van der Waals surface area contributed by atoms with Gasteiger partial charge in [-0.05, 0) is 54.8 Å². The molecule has 1 aliphatic heterocycles. The lowest BCUT2D eigenvalue weighted by Crippen LogP contribution is -2.39. The Bertz CT molecular complexity index is 1320. The van der Waals surface area contributed by atoms with E-state index in [4.69, 9.17) is 16.6 Å². The highest BCUT2D eigenvalue weighted by Gasteiger charge is 2.29. The first-order valence-corrected chi connectivity index (χ1v) is 11.8. The Hall–Kier alpha value is -3.64. The number of likely N-dealkylation sites (tertiary alicyclic amines) is 1. The van der Waals surface area contributed by atoms with Gasteiger partial charge in [0.1, 0.15) is 5.82 Å². The molecule has 1 aliphatic rings. The minimum atomic E-state index is -0.224. The number of benzene rings is 2. The number of nitrogens with one attached hydrogen (secondary N) is 1. The van der Waals surface area contributed by atoms with Crippen molar-refractivity contribution in [1.29, 1.82) is 0 Å². The molecule has 0 aliphatic carbocycles. The summed E-state index contributed by atoms with van der Waals surface area (Å²) in [6.07, 6.45) is 3.74. The average molecular weight is 473 g/mol. The molecule has 2 aromatic carbocycles. The van der Waals surface area contributed by atoms with Crippen LogP contribution in [-0.2, 0) is 6.54 Å². The monoisotopic (exact) mass is 472 g/mol. The number of aromatic nitrogens is 2. The Balaban J connectivity index is 1.38. The van der Waals surface area contributed by atoms with Crippen LogP contribution in [0.25, 0.3) is 5.52 Å². The molecular formula is C27H25ClN4O2. The van der Waals surface area contributed by atoms with Crippen LogP contribution in [0.4, 0.5) is 0 Å². The van der Waals surface area contributed by atoms with Crippen molar-refractivity contribution >= 4 is 28.9 Å². The fourth-order valence-electron chi connectivity index (χ4n) is 4.52. The number of amides is 2. The average Bonchev–Trinajstić information content (AvgIpc) is 3.28. The summed E-state index contributed by atoms with van der Waals surface area (Å²) in [7, 11) is 0. The Kier molecular flexibility index (Phi) is 6.32. The molecule has 172 valence electrons. The molecule has 1 fully saturated rings. The number of fused-ring (bicyclic) bond motifs is 1. The normalized spacial score (nSPS) is 15.9. The van der Waals surface area contributed by atoms with Crippen LogP contribution >= 0.6 is 11.6 Å². The zero-order valence-electron chi connectivity index (χ0n) is 18.7. The number of rotatable bonds is 5. The highest BCUT2D eigenvalue weighted by molar-refractivity contribution is 6.30. The van der Waals surface area contributed by atoms with Crippen LogP contribution in [0.2, 0.25) is 5.02 Å². The van der Waals surface area contributed by atoms with Crippen LogP contribution in [0.1, 0.15) is 51.0 Å². The van der Waals surface area contributed by atoms with Gasteiger partial charge in [0.25, 0.3) is 11.8 Å². The van der Waals surface area contributed by atoms with E-state index in [-0.39, 0.29) is 17.7 Å². The zero-order chi connectivity index (χ0) is 23.5. The third-order valence-electron chi connectivity index (χ3n) is 6.25. The van der Waals surface area contributed by atoms with Gasteiger partial charge in [-0.15, -0.1) is 0 Å². The maximum absolute atomic E-state index is 13.1. The number of hydrogen-bond acceptors (Lipinski definition) is 3. The van der Waals surface area contributed by atoms with E-state index in [1.165, 1.54) is 0 Å². The van der Waals surface area contributed by atoms with Gasteiger partial charge in [-0.25, -0.2) is 4.98 Å². The summed E-state index contributed by atoms with van der Waals surface area (Å²) in [5.74, 6) is 0.678. The van der Waals surface area contributed by atoms with Crippen LogP contribution in [0.3, 0.4) is 0 Å². The van der Waals surface area contributed by atoms with Crippen molar-refractivity contribution in [3.05, 3.63) is 107 Å². The van der Waals surface area contributed by atoms with Crippen molar-refractivity contribution in [2.75, 3.05) is 13.1 Å². The number of pyridine rings is 1. The zero-order valence-corrected chi connectivity index (χ0v) is 19.4. The second kappa shape index (κ2) is 9.69. The van der Waals surface area contributed by atoms with Gasteiger partial charge in [-0.3, -0.25) is 9.59 Å². The largest absolute Gasteiger partial charge is 0.347 e. The Morgan fingerprint density at radius 2 is 1.76 bits per heavy atom. The molecule has 1 saturated heterocycles. The molecule has 0 radical (unpaired) electrons. The first kappa shape index (κ1) is 22.2. The number of halogens is 1. The number of carbonyl (C=O) groups is 2. The standard InChI is InChI=1S/C27H25ClN4O2/c28-22-13-11-19(12-14-22)17-29-26(33)24-23-10-4-5-16-32(23)25(30-24)21-9-6-15-31(18-21)27(34)20-7-2-1-3-8-20/h1-5,7-8,10-14,16,21H,6,9,15,17-18H2,(H,29,33)/t21-/m0/s1. The first-order valence-electron chi connectivity index (χ1n) is 11.4. The van der Waals surface area contributed by atoms with Gasteiger partial charge < -0.3 is 14.6 Å². The van der Waals surface area contributed by atoms with E-state index in [1.807, 2.05) is 76.2 Å². The topological polar surface area (TPSA) is 66.7 Å². The summed E-state index contributed by atoms with van der Waals surface area (Å²) in [5.41, 5.74) is 2.82. The van der Waals surface area contributed by atoms with Gasteiger partial charge in [-0.1, -0.05) is 48.0 Å². The summed E-state index contributed by atoms with van der Waals surface area (Å²) in [6, 6.07) is 22.5. The number of hydrogen-bond donors (Lipinski definition) is 1. The third-order valence-corrected chi connectivity index (χ3v) is 6.50. The minimum absolute atomic E-state index is 0.0343. The molecule has 7 heteroatoms. The van der Waals surface area contributed by atoms with E-state index in [0.29, 0.717) is 29.4 Å². The number of nitrogens with zero attached hydrogens (tertiary/aromatic N) is 3. The van der Waals surface area contributed by atoms with Crippen molar-refractivity contribution in [1.82, 2.24) is 19.6 Å². The summed E-state index contributed by atoms with van der Waals surface area (Å²) < 4.78 is 1.98. The second-order valence-electron chi connectivity index (χ2n) is 8.54. The van der Waals surface area contributed by atoms with Crippen LogP contribution in [-0.4, -0.2) is 39.2 Å². The molecule has 5 rings (SSSR count). The van der Waals surface area contributed by atoms with Gasteiger partial charge in [0.05, 0.1) is 5.52 Å². The van der Waals surface area contributed by atoms with Crippen molar-refractivity contribution in [3.8, 4) is 0 Å². The summed E-state index contributed by atoms with van der Waals surface area (Å²) in [6.45, 7) is 1.69. The van der Waals surface area contributed by atoms with Gasteiger partial charge >= 0.3 is 0 Å². The van der Waals surface area contributed by atoms with E-state index in [2.05, 4.69) is 5.32 Å². The molecule has 0 bridgehead atoms. The molecule has 0 spiro atoms. The minimum Gasteiger partial charge on any atom is -0.347 e. The number of carbonyl (C=O) groups excluding carboxylic acids is 2. The smallest absolute Gasteiger partial charge is 0.272 e. The summed E-state index contributed by atoms with van der Waals surface area (Å²) >= 11 is 5.95. The van der Waals surface area contributed by atoms with Crippen molar-refractivity contribution < 1.29 is 9.59 Å². The fourth-order valence-corrected chi connectivity index (χ4v) is 4.65. The van der Waals surface area contributed by atoms with E-state index in [0.717, 1.165) is 36.3 Å². The van der Waals surface area contributed by atoms with Crippen molar-refractivity contribution in [2.45, 2.75) is 25.3 Å². The molecule has 6 nitrogen and oxygen atoms in total. The van der Waals surface area contributed by atoms with Crippen LogP contribution in [0, 0.1) is 0 Å². The van der Waals surface area contributed by atoms with Crippen molar-refractivity contribution in [3.63, 3.8) is 0 Å². The highest BCUT2D eigenvalue weighted by atomic mass is 35.5. The molecule has 34 heavy (non-hydrogen) atoms. The fraction of sp³-hybridized carbons (Fsp3) is 0.222. The number of imidazole rings is 1. The summed E-state index contributed by atoms with van der Waals surface area (Å²) in [4.78, 5) is 32.8. The lowest BCUT2D eigenvalue weighted by molar-refractivity contribution is 0.0703. The maximum Gasteiger partial charge on any atom is 0.272 e.